The smallest absolute Gasteiger partial charge is 0.337 e. The Hall–Kier alpha value is -3.87. The molecule has 0 radical (unpaired) electrons. The van der Waals surface area contributed by atoms with Crippen LogP contribution >= 0.6 is 0 Å². The molecule has 2 aromatic carbocycles. The highest BCUT2D eigenvalue weighted by Gasteiger charge is 2.70. The number of aromatic carboxylic acids is 1. The summed E-state index contributed by atoms with van der Waals surface area (Å²) in [5.41, 5.74) is 4.82. The van der Waals surface area contributed by atoms with Crippen molar-refractivity contribution < 1.29 is 24.2 Å². The van der Waals surface area contributed by atoms with Gasteiger partial charge in [-0.15, -0.1) is 6.58 Å². The molecule has 0 heterocycles. The van der Waals surface area contributed by atoms with Crippen LogP contribution < -0.4 is 10.6 Å². The lowest BCUT2D eigenvalue weighted by atomic mass is 9.32. The summed E-state index contributed by atoms with van der Waals surface area (Å²) in [7, 11) is 1.36. The number of rotatable bonds is 6. The fraction of sp³-hybridized carbons (Fsp3) is 0.612. The largest absolute Gasteiger partial charge is 0.478 e. The van der Waals surface area contributed by atoms with Crippen LogP contribution in [0.2, 0.25) is 0 Å². The number of hydrogen-bond donors (Lipinski definition) is 3. The van der Waals surface area contributed by atoms with E-state index in [2.05, 4.69) is 64.8 Å². The Morgan fingerprint density at radius 3 is 2.07 bits per heavy atom. The maximum atomic E-state index is 13.2. The van der Waals surface area contributed by atoms with E-state index in [1.165, 1.54) is 57.6 Å². The minimum atomic E-state index is -0.879. The molecule has 4 saturated carbocycles. The number of urea groups is 1. The molecule has 8 unspecified atom stereocenters. The molecule has 4 fully saturated rings. The van der Waals surface area contributed by atoms with E-state index in [0.29, 0.717) is 52.9 Å². The van der Waals surface area contributed by atoms with Crippen LogP contribution in [0, 0.1) is 56.7 Å². The summed E-state index contributed by atoms with van der Waals surface area (Å²) in [4.78, 5) is 36.6. The van der Waals surface area contributed by atoms with E-state index in [1.807, 2.05) is 32.9 Å². The first-order chi connectivity index (χ1) is 26.5. The second-order valence-electron chi connectivity index (χ2n) is 18.8. The lowest BCUT2D eigenvalue weighted by Crippen LogP contribution is -2.65. The van der Waals surface area contributed by atoms with E-state index in [9.17, 15) is 19.5 Å². The Balaban J connectivity index is 0.00000115. The lowest BCUT2D eigenvalue weighted by molar-refractivity contribution is -0.225. The van der Waals surface area contributed by atoms with Crippen molar-refractivity contribution in [2.75, 3.05) is 19.0 Å². The van der Waals surface area contributed by atoms with Crippen LogP contribution in [0.25, 0.3) is 5.57 Å². The molecular weight excluding hydrogens is 697 g/mol. The first-order valence-electron chi connectivity index (χ1n) is 21.4. The first-order valence-corrected chi connectivity index (χ1v) is 21.4. The van der Waals surface area contributed by atoms with E-state index < -0.39 is 11.9 Å². The van der Waals surface area contributed by atoms with Crippen LogP contribution in [0.3, 0.4) is 0 Å². The molecule has 5 aliphatic rings. The summed E-state index contributed by atoms with van der Waals surface area (Å²) in [5, 5.41) is 15.8. The predicted molar refractivity (Wildman–Crippen MR) is 229 cm³/mol. The number of nitrogens with one attached hydrogen (secondary N) is 2. The van der Waals surface area contributed by atoms with Crippen molar-refractivity contribution in [2.24, 2.45) is 56.7 Å². The Bertz CT molecular complexity index is 1780. The molecule has 7 nitrogen and oxygen atoms in total. The van der Waals surface area contributed by atoms with E-state index >= 15 is 0 Å². The molecule has 7 rings (SSSR count). The van der Waals surface area contributed by atoms with Crippen molar-refractivity contribution >= 4 is 29.2 Å². The number of anilines is 1. The van der Waals surface area contributed by atoms with Crippen LogP contribution in [0.15, 0.2) is 67.3 Å². The number of methoxy groups -OCH3 is 1. The fourth-order valence-electron chi connectivity index (χ4n) is 13.5. The van der Waals surface area contributed by atoms with Gasteiger partial charge < -0.3 is 20.5 Å². The van der Waals surface area contributed by atoms with Crippen molar-refractivity contribution in [1.29, 1.82) is 0 Å². The topological polar surface area (TPSA) is 105 Å². The molecule has 56 heavy (non-hydrogen) atoms. The van der Waals surface area contributed by atoms with E-state index in [0.717, 1.165) is 18.4 Å². The molecular formula is C49H70N2O5. The van der Waals surface area contributed by atoms with Crippen molar-refractivity contribution in [1.82, 2.24) is 5.32 Å². The minimum absolute atomic E-state index is 0.00581. The molecule has 5 aliphatic carbocycles. The highest BCUT2D eigenvalue weighted by molar-refractivity contribution is 5.92. The molecule has 2 amide bonds. The van der Waals surface area contributed by atoms with Crippen LogP contribution in [0.1, 0.15) is 146 Å². The number of esters is 1. The molecule has 7 heteroatoms. The van der Waals surface area contributed by atoms with Crippen LogP contribution in [-0.2, 0) is 4.74 Å². The quantitative estimate of drug-likeness (QED) is 0.201. The van der Waals surface area contributed by atoms with Gasteiger partial charge in [0.1, 0.15) is 0 Å². The summed E-state index contributed by atoms with van der Waals surface area (Å²) in [6.45, 7) is 25.3. The number of amides is 2. The molecule has 0 bridgehead atoms. The number of ether oxygens (including phenoxy) is 1. The molecule has 306 valence electrons. The van der Waals surface area contributed by atoms with Crippen molar-refractivity contribution in [2.45, 2.75) is 120 Å². The zero-order valence-corrected chi connectivity index (χ0v) is 36.0. The van der Waals surface area contributed by atoms with Crippen molar-refractivity contribution in [3.8, 4) is 0 Å². The van der Waals surface area contributed by atoms with Gasteiger partial charge in [-0.3, -0.25) is 0 Å². The average Bonchev–Trinajstić information content (AvgIpc) is 3.51. The minimum Gasteiger partial charge on any atom is -0.478 e. The van der Waals surface area contributed by atoms with Crippen LogP contribution in [0.4, 0.5) is 10.5 Å². The second-order valence-corrected chi connectivity index (χ2v) is 18.8. The number of hydrogen-bond acceptors (Lipinski definition) is 4. The van der Waals surface area contributed by atoms with Crippen molar-refractivity contribution in [3.05, 3.63) is 84.0 Å². The first kappa shape index (κ1) is 43.3. The van der Waals surface area contributed by atoms with Gasteiger partial charge >= 0.3 is 18.0 Å². The third-order valence-corrected chi connectivity index (χ3v) is 16.1. The molecule has 0 spiro atoms. The summed E-state index contributed by atoms with van der Waals surface area (Å²) >= 11 is 0. The number of carboxylic acids is 1. The SMILES string of the molecule is C=CC.CC.COC(=O)c1ccc(NC(=O)NCC23CCC(C)C2C2CCC4C5(C)CC=C(c6ccc(C(=O)O)cc6)C(C)(C)C5CCC4(C)[C@]2(C)CC3)cc1. The van der Waals surface area contributed by atoms with E-state index in [4.69, 9.17) is 4.74 Å². The summed E-state index contributed by atoms with van der Waals surface area (Å²) in [5.74, 6) is 1.83. The number of carboxylic acid groups (broad SMARTS) is 1. The standard InChI is InChI=1S/C44H58N2O5.C3H6.C2H6/c1-27-18-23-44(26-45-39(50)46-31-14-12-30(13-15-31)38(49)51-7)25-24-42(5)33(36(27)44)16-17-35-41(4)21-19-32(28-8-10-29(11-9-28)37(47)48)40(2,3)34(41)20-22-43(35,42)6;1-3-2;1-2/h8-15,19,27,33-36H,16-18,20-26H2,1-7H3,(H,47,48)(H2,45,46,50);3H,1H2,2H3;1-2H3/t27?,33?,34?,35?,36?,41?,42-,43?,44?;;/m1../s1. The average molecular weight is 767 g/mol. The number of fused-ring (bicyclic) bond motifs is 7. The number of benzene rings is 2. The summed E-state index contributed by atoms with van der Waals surface area (Å²) in [6.07, 6.45) is 15.1. The highest BCUT2D eigenvalue weighted by atomic mass is 16.5. The lowest BCUT2D eigenvalue weighted by Gasteiger charge is -2.72. The Morgan fingerprint density at radius 1 is 0.839 bits per heavy atom. The number of carbonyl (C=O) groups is 3. The zero-order chi connectivity index (χ0) is 41.3. The summed E-state index contributed by atoms with van der Waals surface area (Å²) in [6, 6.07) is 14.2. The Morgan fingerprint density at radius 2 is 1.46 bits per heavy atom. The molecule has 0 saturated heterocycles. The maximum absolute atomic E-state index is 13.2. The number of allylic oxidation sites excluding steroid dienone is 3. The molecule has 0 aliphatic heterocycles. The van der Waals surface area contributed by atoms with Gasteiger partial charge in [0.05, 0.1) is 18.2 Å². The van der Waals surface area contributed by atoms with Gasteiger partial charge in [0.2, 0.25) is 0 Å². The fourth-order valence-corrected chi connectivity index (χ4v) is 13.5. The van der Waals surface area contributed by atoms with Gasteiger partial charge in [0, 0.05) is 12.2 Å². The maximum Gasteiger partial charge on any atom is 0.337 e. The van der Waals surface area contributed by atoms with Gasteiger partial charge in [-0.05, 0) is 169 Å². The Kier molecular flexibility index (Phi) is 12.8. The second kappa shape index (κ2) is 16.5. The van der Waals surface area contributed by atoms with Gasteiger partial charge in [-0.1, -0.05) is 79.7 Å². The van der Waals surface area contributed by atoms with Crippen LogP contribution in [0.5, 0.6) is 0 Å². The monoisotopic (exact) mass is 767 g/mol. The number of carbonyl (C=O) groups excluding carboxylic acids is 2. The van der Waals surface area contributed by atoms with Crippen molar-refractivity contribution in [3.63, 3.8) is 0 Å². The third kappa shape index (κ3) is 7.26. The van der Waals surface area contributed by atoms with Gasteiger partial charge in [0.15, 0.2) is 0 Å². The highest BCUT2D eigenvalue weighted by Crippen LogP contribution is 2.77. The van der Waals surface area contributed by atoms with Gasteiger partial charge in [0.25, 0.3) is 0 Å². The molecule has 9 atom stereocenters. The molecule has 3 N–H and O–H groups in total. The summed E-state index contributed by atoms with van der Waals surface area (Å²) < 4.78 is 4.80. The van der Waals surface area contributed by atoms with Crippen LogP contribution in [-0.4, -0.2) is 36.7 Å². The van der Waals surface area contributed by atoms with E-state index in [-0.39, 0.29) is 33.1 Å². The van der Waals surface area contributed by atoms with Gasteiger partial charge in [-0.25, -0.2) is 14.4 Å². The molecule has 0 aromatic heterocycles. The third-order valence-electron chi connectivity index (χ3n) is 16.1. The predicted octanol–water partition coefficient (Wildman–Crippen LogP) is 12.3. The molecule has 2 aromatic rings. The Labute approximate surface area is 337 Å². The zero-order valence-electron chi connectivity index (χ0n) is 36.0. The van der Waals surface area contributed by atoms with E-state index in [1.54, 1.807) is 42.5 Å². The van der Waals surface area contributed by atoms with Gasteiger partial charge in [-0.2, -0.15) is 0 Å². The normalized spacial score (nSPS) is 34.8.